The van der Waals surface area contributed by atoms with Gasteiger partial charge in [-0.05, 0) is 30.9 Å². The van der Waals surface area contributed by atoms with Crippen molar-refractivity contribution in [3.05, 3.63) is 30.1 Å². The Labute approximate surface area is 138 Å². The predicted octanol–water partition coefficient (Wildman–Crippen LogP) is 1.64. The molecule has 0 radical (unpaired) electrons. The molecule has 0 aliphatic carbocycles. The Morgan fingerprint density at radius 3 is 2.67 bits per heavy atom. The number of pyridine rings is 1. The molecule has 1 aliphatic heterocycles. The molecule has 1 unspecified atom stereocenters. The molecule has 1 aromatic rings. The summed E-state index contributed by atoms with van der Waals surface area (Å²) in [4.78, 5) is 18.2. The van der Waals surface area contributed by atoms with Gasteiger partial charge in [0.2, 0.25) is 5.91 Å². The minimum absolute atomic E-state index is 0. The van der Waals surface area contributed by atoms with Crippen LogP contribution in [0.25, 0.3) is 0 Å². The lowest BCUT2D eigenvalue weighted by atomic mass is 9.91. The van der Waals surface area contributed by atoms with Gasteiger partial charge in [0.05, 0.1) is 18.3 Å². The first kappa shape index (κ1) is 20.1. The van der Waals surface area contributed by atoms with Crippen LogP contribution in [0.2, 0.25) is 0 Å². The Kier molecular flexibility index (Phi) is 9.53. The number of rotatable bonds is 4. The number of amides is 1. The molecule has 1 atom stereocenters. The van der Waals surface area contributed by atoms with Crippen molar-refractivity contribution in [2.24, 2.45) is 11.7 Å². The van der Waals surface area contributed by atoms with Crippen molar-refractivity contribution < 1.29 is 9.53 Å². The van der Waals surface area contributed by atoms with Gasteiger partial charge in [-0.15, -0.1) is 24.8 Å². The summed E-state index contributed by atoms with van der Waals surface area (Å²) in [5.41, 5.74) is 6.95. The predicted molar refractivity (Wildman–Crippen MR) is 86.7 cm³/mol. The van der Waals surface area contributed by atoms with Crippen molar-refractivity contribution in [2.45, 2.75) is 25.4 Å². The molecule has 2 N–H and O–H groups in total. The van der Waals surface area contributed by atoms with Gasteiger partial charge in [0.25, 0.3) is 0 Å². The lowest BCUT2D eigenvalue weighted by Crippen LogP contribution is -2.47. The van der Waals surface area contributed by atoms with Crippen molar-refractivity contribution in [1.29, 1.82) is 0 Å². The first-order valence-electron chi connectivity index (χ1n) is 6.66. The molecule has 2 heterocycles. The van der Waals surface area contributed by atoms with Gasteiger partial charge in [0.1, 0.15) is 0 Å². The van der Waals surface area contributed by atoms with Crippen molar-refractivity contribution in [1.82, 2.24) is 9.88 Å². The average molecular weight is 336 g/mol. The van der Waals surface area contributed by atoms with Crippen LogP contribution in [0.15, 0.2) is 24.4 Å². The summed E-state index contributed by atoms with van der Waals surface area (Å²) in [6, 6.07) is 5.25. The zero-order chi connectivity index (χ0) is 13.7. The highest BCUT2D eigenvalue weighted by Gasteiger charge is 2.28. The van der Waals surface area contributed by atoms with Crippen LogP contribution < -0.4 is 5.73 Å². The molecular formula is C14H23Cl2N3O2. The van der Waals surface area contributed by atoms with Gasteiger partial charge in [-0.25, -0.2) is 0 Å². The van der Waals surface area contributed by atoms with Gasteiger partial charge in [0, 0.05) is 26.5 Å². The fourth-order valence-electron chi connectivity index (χ4n) is 2.34. The second-order valence-corrected chi connectivity index (χ2v) is 4.99. The number of ether oxygens (including phenoxy) is 1. The molecule has 1 saturated heterocycles. The van der Waals surface area contributed by atoms with Crippen LogP contribution in [0, 0.1) is 5.92 Å². The van der Waals surface area contributed by atoms with Crippen molar-refractivity contribution in [2.75, 3.05) is 20.3 Å². The maximum atomic E-state index is 12.3. The third kappa shape index (κ3) is 5.79. The monoisotopic (exact) mass is 335 g/mol. The smallest absolute Gasteiger partial charge is 0.239 e. The zero-order valence-electron chi connectivity index (χ0n) is 12.1. The highest BCUT2D eigenvalue weighted by Crippen LogP contribution is 2.19. The molecule has 1 aliphatic rings. The number of nitrogens with zero attached hydrogens (tertiary/aromatic N) is 2. The van der Waals surface area contributed by atoms with E-state index >= 15 is 0 Å². The number of hydrogen-bond acceptors (Lipinski definition) is 4. The number of carbonyl (C=O) groups excluding carboxylic acids is 1. The maximum Gasteiger partial charge on any atom is 0.239 e. The second kappa shape index (κ2) is 9.95. The van der Waals surface area contributed by atoms with E-state index in [1.54, 1.807) is 18.1 Å². The Hall–Kier alpha value is -0.880. The number of halogens is 2. The number of aromatic nitrogens is 1. The Morgan fingerprint density at radius 2 is 2.10 bits per heavy atom. The van der Waals surface area contributed by atoms with E-state index in [0.717, 1.165) is 18.5 Å². The molecule has 21 heavy (non-hydrogen) atoms. The van der Waals surface area contributed by atoms with Gasteiger partial charge >= 0.3 is 0 Å². The summed E-state index contributed by atoms with van der Waals surface area (Å²) in [6.07, 6.45) is 3.46. The topological polar surface area (TPSA) is 68.5 Å². The van der Waals surface area contributed by atoms with Crippen molar-refractivity contribution in [3.63, 3.8) is 0 Å². The van der Waals surface area contributed by atoms with Crippen LogP contribution in [0.4, 0.5) is 0 Å². The molecule has 7 heteroatoms. The summed E-state index contributed by atoms with van der Waals surface area (Å²) in [5, 5.41) is 0. The molecular weight excluding hydrogens is 313 g/mol. The zero-order valence-corrected chi connectivity index (χ0v) is 13.7. The van der Waals surface area contributed by atoms with Crippen LogP contribution >= 0.6 is 24.8 Å². The highest BCUT2D eigenvalue weighted by atomic mass is 35.5. The van der Waals surface area contributed by atoms with E-state index in [9.17, 15) is 4.79 Å². The minimum atomic E-state index is -0.433. The average Bonchev–Trinajstić information content (AvgIpc) is 2.47. The molecule has 1 fully saturated rings. The molecule has 120 valence electrons. The largest absolute Gasteiger partial charge is 0.381 e. The molecule has 0 saturated carbocycles. The van der Waals surface area contributed by atoms with Gasteiger partial charge in [-0.2, -0.15) is 0 Å². The molecule has 5 nitrogen and oxygen atoms in total. The van der Waals surface area contributed by atoms with Crippen LogP contribution in [0.1, 0.15) is 18.5 Å². The number of nitrogens with two attached hydrogens (primary N) is 1. The Bertz CT molecular complexity index is 414. The molecule has 0 aromatic carbocycles. The van der Waals surface area contributed by atoms with E-state index in [1.165, 1.54) is 0 Å². The quantitative estimate of drug-likeness (QED) is 0.908. The Balaban J connectivity index is 0.00000200. The fraction of sp³-hybridized carbons (Fsp3) is 0.571. The summed E-state index contributed by atoms with van der Waals surface area (Å²) in [6.45, 7) is 1.90. The van der Waals surface area contributed by atoms with Crippen LogP contribution in [0.3, 0.4) is 0 Å². The van der Waals surface area contributed by atoms with E-state index in [0.29, 0.717) is 19.8 Å². The van der Waals surface area contributed by atoms with Gasteiger partial charge in [-0.1, -0.05) is 6.07 Å². The highest BCUT2D eigenvalue weighted by molar-refractivity contribution is 5.85. The number of carbonyl (C=O) groups is 1. The standard InChI is InChI=1S/C14H21N3O2.2ClH/c1-17(10-12-4-2-3-7-16-12)14(18)13(15)11-5-8-19-9-6-11;;/h2-4,7,11,13H,5-6,8-10,15H2,1H3;2*1H. The third-order valence-electron chi connectivity index (χ3n) is 3.56. The van der Waals surface area contributed by atoms with E-state index in [1.807, 2.05) is 18.2 Å². The van der Waals surface area contributed by atoms with Gasteiger partial charge in [-0.3, -0.25) is 9.78 Å². The number of likely N-dealkylation sites (N-methyl/N-ethyl adjacent to an activating group) is 1. The summed E-state index contributed by atoms with van der Waals surface area (Å²) < 4.78 is 5.30. The van der Waals surface area contributed by atoms with E-state index in [-0.39, 0.29) is 36.6 Å². The lowest BCUT2D eigenvalue weighted by molar-refractivity contribution is -0.134. The molecule has 0 spiro atoms. The van der Waals surface area contributed by atoms with Crippen LogP contribution in [0.5, 0.6) is 0 Å². The van der Waals surface area contributed by atoms with Crippen molar-refractivity contribution in [3.8, 4) is 0 Å². The normalized spacial score (nSPS) is 16.3. The molecule has 2 rings (SSSR count). The number of hydrogen-bond donors (Lipinski definition) is 1. The summed E-state index contributed by atoms with van der Waals surface area (Å²) in [5.74, 6) is 0.213. The van der Waals surface area contributed by atoms with Crippen LogP contribution in [-0.2, 0) is 16.1 Å². The first-order chi connectivity index (χ1) is 9.18. The summed E-state index contributed by atoms with van der Waals surface area (Å²) >= 11 is 0. The fourth-order valence-corrected chi connectivity index (χ4v) is 2.34. The van der Waals surface area contributed by atoms with Crippen molar-refractivity contribution >= 4 is 30.7 Å². The minimum Gasteiger partial charge on any atom is -0.381 e. The maximum absolute atomic E-state index is 12.3. The summed E-state index contributed by atoms with van der Waals surface area (Å²) in [7, 11) is 1.77. The molecule has 0 bridgehead atoms. The van der Waals surface area contributed by atoms with Gasteiger partial charge < -0.3 is 15.4 Å². The van der Waals surface area contributed by atoms with Gasteiger partial charge in [0.15, 0.2) is 0 Å². The SMILES string of the molecule is CN(Cc1ccccn1)C(=O)C(N)C1CCOCC1.Cl.Cl. The lowest BCUT2D eigenvalue weighted by Gasteiger charge is -2.29. The van der Waals surface area contributed by atoms with Crippen LogP contribution in [-0.4, -0.2) is 42.1 Å². The van der Waals surface area contributed by atoms with E-state index in [2.05, 4.69) is 4.98 Å². The van der Waals surface area contributed by atoms with E-state index < -0.39 is 6.04 Å². The van der Waals surface area contributed by atoms with E-state index in [4.69, 9.17) is 10.5 Å². The second-order valence-electron chi connectivity index (χ2n) is 4.99. The molecule has 1 amide bonds. The molecule has 1 aromatic heterocycles. The third-order valence-corrected chi connectivity index (χ3v) is 3.56. The Morgan fingerprint density at radius 1 is 1.43 bits per heavy atom. The first-order valence-corrected chi connectivity index (χ1v) is 6.66.